The molecule has 1 aromatic carbocycles. The third kappa shape index (κ3) is 5.42. The van der Waals surface area contributed by atoms with Crippen molar-refractivity contribution in [1.82, 2.24) is 4.72 Å². The fourth-order valence-corrected chi connectivity index (χ4v) is 4.36. The molecular weight excluding hydrogens is 344 g/mol. The molecule has 0 saturated carbocycles. The minimum absolute atomic E-state index is 0.0432. The molecule has 25 heavy (non-hydrogen) atoms. The lowest BCUT2D eigenvalue weighted by Crippen LogP contribution is -2.33. The van der Waals surface area contributed by atoms with Gasteiger partial charge in [-0.1, -0.05) is 13.3 Å². The van der Waals surface area contributed by atoms with Crippen molar-refractivity contribution in [3.63, 3.8) is 0 Å². The number of carboxylic acid groups (broad SMARTS) is 1. The van der Waals surface area contributed by atoms with Crippen LogP contribution in [0, 0.1) is 0 Å². The molecule has 0 radical (unpaired) electrons. The molecule has 2 atom stereocenters. The maximum atomic E-state index is 12.7. The van der Waals surface area contributed by atoms with Crippen molar-refractivity contribution < 1.29 is 23.1 Å². The Morgan fingerprint density at radius 2 is 2.20 bits per heavy atom. The highest BCUT2D eigenvalue weighted by atomic mass is 32.2. The van der Waals surface area contributed by atoms with Crippen molar-refractivity contribution in [3.05, 3.63) is 23.8 Å². The zero-order valence-electron chi connectivity index (χ0n) is 14.6. The van der Waals surface area contributed by atoms with Crippen LogP contribution >= 0.6 is 0 Å². The molecule has 0 amide bonds. The van der Waals surface area contributed by atoms with E-state index >= 15 is 0 Å². The zero-order valence-corrected chi connectivity index (χ0v) is 15.4. The number of ether oxygens (including phenoxy) is 1. The summed E-state index contributed by atoms with van der Waals surface area (Å²) in [6.07, 6.45) is 3.51. The number of carboxylic acids is 1. The third-order valence-electron chi connectivity index (χ3n) is 4.14. The van der Waals surface area contributed by atoms with Gasteiger partial charge in [0.2, 0.25) is 10.0 Å². The van der Waals surface area contributed by atoms with Crippen molar-refractivity contribution in [2.75, 3.05) is 18.5 Å². The van der Waals surface area contributed by atoms with Crippen LogP contribution in [0.25, 0.3) is 0 Å². The largest absolute Gasteiger partial charge is 0.478 e. The van der Waals surface area contributed by atoms with Gasteiger partial charge in [0.25, 0.3) is 0 Å². The van der Waals surface area contributed by atoms with Crippen molar-refractivity contribution in [2.24, 2.45) is 0 Å². The van der Waals surface area contributed by atoms with Gasteiger partial charge in [-0.15, -0.1) is 0 Å². The Morgan fingerprint density at radius 1 is 1.44 bits per heavy atom. The Morgan fingerprint density at radius 3 is 2.80 bits per heavy atom. The lowest BCUT2D eigenvalue weighted by Gasteiger charge is -2.18. The Hall–Kier alpha value is -1.64. The second-order valence-corrected chi connectivity index (χ2v) is 8.03. The number of hydrogen-bond donors (Lipinski definition) is 3. The van der Waals surface area contributed by atoms with E-state index in [0.717, 1.165) is 19.3 Å². The number of hydrogen-bond acceptors (Lipinski definition) is 5. The van der Waals surface area contributed by atoms with Crippen LogP contribution < -0.4 is 10.0 Å². The van der Waals surface area contributed by atoms with Crippen LogP contribution in [0.1, 0.15) is 49.9 Å². The first-order valence-electron chi connectivity index (χ1n) is 8.58. The highest BCUT2D eigenvalue weighted by Crippen LogP contribution is 2.24. The summed E-state index contributed by atoms with van der Waals surface area (Å²) in [6.45, 7) is 4.97. The highest BCUT2D eigenvalue weighted by molar-refractivity contribution is 7.89. The molecule has 7 nitrogen and oxygen atoms in total. The van der Waals surface area contributed by atoms with E-state index in [0.29, 0.717) is 25.3 Å². The molecular formula is C17H26N2O5S. The molecule has 3 N–H and O–H groups in total. The van der Waals surface area contributed by atoms with E-state index in [-0.39, 0.29) is 22.6 Å². The standard InChI is InChI=1S/C17H26N2O5S/c1-3-5-12(2)19-25(22,23)16-10-13(17(20)21)7-8-15(16)18-11-14-6-4-9-24-14/h7-8,10,12,14,18-19H,3-6,9,11H2,1-2H3,(H,20,21)/t12-,14-/m0/s1. The van der Waals surface area contributed by atoms with Gasteiger partial charge < -0.3 is 15.2 Å². The van der Waals surface area contributed by atoms with Crippen LogP contribution in [0.15, 0.2) is 23.1 Å². The SMILES string of the molecule is CCC[C@H](C)NS(=O)(=O)c1cc(C(=O)O)ccc1NC[C@@H]1CCCO1. The summed E-state index contributed by atoms with van der Waals surface area (Å²) in [4.78, 5) is 11.2. The van der Waals surface area contributed by atoms with E-state index in [1.807, 2.05) is 6.92 Å². The topological polar surface area (TPSA) is 105 Å². The number of rotatable bonds is 9. The number of carbonyl (C=O) groups is 1. The van der Waals surface area contributed by atoms with Gasteiger partial charge in [-0.25, -0.2) is 17.9 Å². The quantitative estimate of drug-likeness (QED) is 0.617. The lowest BCUT2D eigenvalue weighted by atomic mass is 10.2. The lowest BCUT2D eigenvalue weighted by molar-refractivity contribution is 0.0696. The smallest absolute Gasteiger partial charge is 0.335 e. The van der Waals surface area contributed by atoms with Crippen LogP contribution in [0.5, 0.6) is 0 Å². The predicted molar refractivity (Wildman–Crippen MR) is 95.6 cm³/mol. The Kier molecular flexibility index (Phi) is 6.80. The molecule has 1 aromatic rings. The second-order valence-electron chi connectivity index (χ2n) is 6.34. The van der Waals surface area contributed by atoms with Gasteiger partial charge in [-0.05, 0) is 44.4 Å². The summed E-state index contributed by atoms with van der Waals surface area (Å²) in [5.41, 5.74) is 0.322. The van der Waals surface area contributed by atoms with Crippen molar-refractivity contribution >= 4 is 21.7 Å². The molecule has 2 rings (SSSR count). The number of aromatic carboxylic acids is 1. The van der Waals surface area contributed by atoms with E-state index in [9.17, 15) is 18.3 Å². The summed E-state index contributed by atoms with van der Waals surface area (Å²) >= 11 is 0. The summed E-state index contributed by atoms with van der Waals surface area (Å²) in [5, 5.41) is 12.3. The van der Waals surface area contributed by atoms with Crippen molar-refractivity contribution in [2.45, 2.75) is 56.6 Å². The maximum absolute atomic E-state index is 12.7. The molecule has 0 aromatic heterocycles. The average Bonchev–Trinajstić information content (AvgIpc) is 3.05. The molecule has 1 fully saturated rings. The van der Waals surface area contributed by atoms with Gasteiger partial charge in [0, 0.05) is 19.2 Å². The van der Waals surface area contributed by atoms with Crippen LogP contribution in [-0.4, -0.2) is 44.8 Å². The summed E-state index contributed by atoms with van der Waals surface area (Å²) in [7, 11) is -3.83. The molecule has 1 heterocycles. The number of anilines is 1. The molecule has 8 heteroatoms. The molecule has 0 spiro atoms. The number of sulfonamides is 1. The first kappa shape index (κ1) is 19.7. The van der Waals surface area contributed by atoms with Gasteiger partial charge in [-0.2, -0.15) is 0 Å². The van der Waals surface area contributed by atoms with Crippen molar-refractivity contribution in [3.8, 4) is 0 Å². The minimum atomic E-state index is -3.83. The first-order valence-corrected chi connectivity index (χ1v) is 10.1. The maximum Gasteiger partial charge on any atom is 0.335 e. The Balaban J connectivity index is 2.27. The van der Waals surface area contributed by atoms with Crippen LogP contribution in [0.2, 0.25) is 0 Å². The van der Waals surface area contributed by atoms with E-state index in [4.69, 9.17) is 4.74 Å². The minimum Gasteiger partial charge on any atom is -0.478 e. The first-order chi connectivity index (χ1) is 11.8. The van der Waals surface area contributed by atoms with Gasteiger partial charge >= 0.3 is 5.97 Å². The second kappa shape index (κ2) is 8.64. The molecule has 1 aliphatic rings. The monoisotopic (exact) mass is 370 g/mol. The predicted octanol–water partition coefficient (Wildman–Crippen LogP) is 2.44. The van der Waals surface area contributed by atoms with Gasteiger partial charge in [0.1, 0.15) is 4.90 Å². The third-order valence-corrected chi connectivity index (χ3v) is 5.77. The average molecular weight is 370 g/mol. The van der Waals surface area contributed by atoms with Gasteiger partial charge in [0.05, 0.1) is 17.4 Å². The number of nitrogens with one attached hydrogen (secondary N) is 2. The zero-order chi connectivity index (χ0) is 18.4. The van der Waals surface area contributed by atoms with Crippen LogP contribution in [-0.2, 0) is 14.8 Å². The fourth-order valence-electron chi connectivity index (χ4n) is 2.87. The van der Waals surface area contributed by atoms with E-state index in [1.54, 1.807) is 6.92 Å². The van der Waals surface area contributed by atoms with Crippen LogP contribution in [0.3, 0.4) is 0 Å². The number of benzene rings is 1. The summed E-state index contributed by atoms with van der Waals surface area (Å²) in [5.74, 6) is -1.16. The summed E-state index contributed by atoms with van der Waals surface area (Å²) in [6, 6.07) is 3.86. The van der Waals surface area contributed by atoms with Crippen LogP contribution in [0.4, 0.5) is 5.69 Å². The fraction of sp³-hybridized carbons (Fsp3) is 0.588. The normalized spacial score (nSPS) is 18.9. The molecule has 140 valence electrons. The van der Waals surface area contributed by atoms with E-state index in [2.05, 4.69) is 10.0 Å². The van der Waals surface area contributed by atoms with E-state index < -0.39 is 16.0 Å². The van der Waals surface area contributed by atoms with Gasteiger partial charge in [-0.3, -0.25) is 0 Å². The Bertz CT molecular complexity index is 699. The van der Waals surface area contributed by atoms with Crippen molar-refractivity contribution in [1.29, 1.82) is 0 Å². The summed E-state index contributed by atoms with van der Waals surface area (Å²) < 4.78 is 33.6. The van der Waals surface area contributed by atoms with Gasteiger partial charge in [0.15, 0.2) is 0 Å². The molecule has 0 unspecified atom stereocenters. The highest BCUT2D eigenvalue weighted by Gasteiger charge is 2.23. The molecule has 0 bridgehead atoms. The molecule has 0 aliphatic carbocycles. The molecule has 1 aliphatic heterocycles. The van der Waals surface area contributed by atoms with E-state index in [1.165, 1.54) is 18.2 Å². The Labute approximate surface area is 148 Å². The molecule has 1 saturated heterocycles.